The SMILES string of the molecule is CC1(C)c2ccccc2-c2ccc(-c3cccc(-c4cccc(C(=C(c5ccccc5)c5ccccc5)c5ccccc5)c4)c3)cc21. The highest BCUT2D eigenvalue weighted by Crippen LogP contribution is 2.49. The van der Waals surface area contributed by atoms with Crippen LogP contribution in [-0.2, 0) is 5.41 Å². The van der Waals surface area contributed by atoms with Gasteiger partial charge in [-0.3, -0.25) is 0 Å². The van der Waals surface area contributed by atoms with Crippen LogP contribution < -0.4 is 0 Å². The average molecular weight is 601 g/mol. The van der Waals surface area contributed by atoms with Crippen molar-refractivity contribution >= 4 is 11.1 Å². The fourth-order valence-corrected chi connectivity index (χ4v) is 7.34. The highest BCUT2D eigenvalue weighted by Gasteiger charge is 2.35. The van der Waals surface area contributed by atoms with Gasteiger partial charge in [-0.25, -0.2) is 0 Å². The molecule has 0 fully saturated rings. The summed E-state index contributed by atoms with van der Waals surface area (Å²) in [4.78, 5) is 0. The molecule has 224 valence electrons. The van der Waals surface area contributed by atoms with Gasteiger partial charge < -0.3 is 0 Å². The first-order chi connectivity index (χ1) is 23.1. The Hall–Kier alpha value is -5.72. The molecule has 0 radical (unpaired) electrons. The maximum Gasteiger partial charge on any atom is 0.0159 e. The third-order valence-corrected chi connectivity index (χ3v) is 9.70. The van der Waals surface area contributed by atoms with Gasteiger partial charge in [0, 0.05) is 5.41 Å². The highest BCUT2D eigenvalue weighted by molar-refractivity contribution is 6.05. The molecule has 47 heavy (non-hydrogen) atoms. The Balaban J connectivity index is 1.25. The molecule has 0 unspecified atom stereocenters. The lowest BCUT2D eigenvalue weighted by Crippen LogP contribution is -2.14. The van der Waals surface area contributed by atoms with Gasteiger partial charge in [-0.1, -0.05) is 178 Å². The maximum absolute atomic E-state index is 2.41. The molecule has 0 atom stereocenters. The summed E-state index contributed by atoms with van der Waals surface area (Å²) in [5, 5.41) is 0. The van der Waals surface area contributed by atoms with Gasteiger partial charge >= 0.3 is 0 Å². The van der Waals surface area contributed by atoms with Crippen molar-refractivity contribution in [3.8, 4) is 33.4 Å². The molecule has 1 aliphatic carbocycles. The quantitative estimate of drug-likeness (QED) is 0.167. The minimum absolute atomic E-state index is 0.0245. The van der Waals surface area contributed by atoms with Crippen LogP contribution in [0, 0.1) is 0 Å². The number of fused-ring (bicyclic) bond motifs is 3. The van der Waals surface area contributed by atoms with Crippen LogP contribution in [-0.4, -0.2) is 0 Å². The van der Waals surface area contributed by atoms with Gasteiger partial charge in [-0.2, -0.15) is 0 Å². The molecular weight excluding hydrogens is 565 g/mol. The Labute approximate surface area is 278 Å². The van der Waals surface area contributed by atoms with Crippen LogP contribution in [0.25, 0.3) is 44.5 Å². The van der Waals surface area contributed by atoms with Crippen molar-refractivity contribution in [2.75, 3.05) is 0 Å². The number of hydrogen-bond donors (Lipinski definition) is 0. The molecule has 0 amide bonds. The van der Waals surface area contributed by atoms with Crippen LogP contribution in [0.4, 0.5) is 0 Å². The van der Waals surface area contributed by atoms with Gasteiger partial charge in [0.25, 0.3) is 0 Å². The van der Waals surface area contributed by atoms with Gasteiger partial charge in [-0.15, -0.1) is 0 Å². The van der Waals surface area contributed by atoms with Crippen molar-refractivity contribution in [1.82, 2.24) is 0 Å². The predicted octanol–water partition coefficient (Wildman–Crippen LogP) is 12.3. The van der Waals surface area contributed by atoms with Crippen molar-refractivity contribution in [2.45, 2.75) is 19.3 Å². The van der Waals surface area contributed by atoms with E-state index < -0.39 is 0 Å². The molecule has 7 aromatic carbocycles. The van der Waals surface area contributed by atoms with Crippen LogP contribution in [0.2, 0.25) is 0 Å². The van der Waals surface area contributed by atoms with E-state index in [0.717, 1.165) is 0 Å². The van der Waals surface area contributed by atoms with E-state index in [1.807, 2.05) is 0 Å². The lowest BCUT2D eigenvalue weighted by atomic mass is 9.81. The molecule has 8 rings (SSSR count). The van der Waals surface area contributed by atoms with Crippen LogP contribution in [0.15, 0.2) is 182 Å². The second kappa shape index (κ2) is 11.9. The predicted molar refractivity (Wildman–Crippen MR) is 199 cm³/mol. The molecule has 0 heteroatoms. The average Bonchev–Trinajstić information content (AvgIpc) is 3.37. The monoisotopic (exact) mass is 600 g/mol. The van der Waals surface area contributed by atoms with Gasteiger partial charge in [0.2, 0.25) is 0 Å². The lowest BCUT2D eigenvalue weighted by molar-refractivity contribution is 0.660. The first-order valence-corrected chi connectivity index (χ1v) is 16.4. The molecule has 0 nitrogen and oxygen atoms in total. The highest BCUT2D eigenvalue weighted by atomic mass is 14.4. The fraction of sp³-hybridized carbons (Fsp3) is 0.0638. The largest absolute Gasteiger partial charge is 0.0622 e. The van der Waals surface area contributed by atoms with Gasteiger partial charge in [-0.05, 0) is 96.1 Å². The zero-order valence-corrected chi connectivity index (χ0v) is 26.8. The summed E-state index contributed by atoms with van der Waals surface area (Å²) >= 11 is 0. The summed E-state index contributed by atoms with van der Waals surface area (Å²) in [7, 11) is 0. The zero-order chi connectivity index (χ0) is 31.8. The molecule has 0 saturated heterocycles. The minimum atomic E-state index is -0.0245. The molecule has 0 aliphatic heterocycles. The Bertz CT molecular complexity index is 2190. The van der Waals surface area contributed by atoms with Crippen LogP contribution in [0.3, 0.4) is 0 Å². The molecule has 1 aliphatic rings. The van der Waals surface area contributed by atoms with Gasteiger partial charge in [0.05, 0.1) is 0 Å². The Morgan fingerprint density at radius 2 is 0.745 bits per heavy atom. The molecule has 0 spiro atoms. The zero-order valence-electron chi connectivity index (χ0n) is 26.8. The summed E-state index contributed by atoms with van der Waals surface area (Å²) < 4.78 is 0. The van der Waals surface area contributed by atoms with E-state index >= 15 is 0 Å². The number of benzene rings is 7. The van der Waals surface area contributed by atoms with Crippen LogP contribution >= 0.6 is 0 Å². The topological polar surface area (TPSA) is 0 Å². The van der Waals surface area contributed by atoms with Gasteiger partial charge in [0.15, 0.2) is 0 Å². The van der Waals surface area contributed by atoms with E-state index in [-0.39, 0.29) is 5.41 Å². The van der Waals surface area contributed by atoms with Crippen molar-refractivity contribution in [3.63, 3.8) is 0 Å². The Morgan fingerprint density at radius 3 is 1.34 bits per heavy atom. The summed E-state index contributed by atoms with van der Waals surface area (Å²) in [6.45, 7) is 4.70. The van der Waals surface area contributed by atoms with E-state index in [2.05, 4.69) is 196 Å². The van der Waals surface area contributed by atoms with E-state index in [0.29, 0.717) is 0 Å². The van der Waals surface area contributed by atoms with E-state index in [1.54, 1.807) is 0 Å². The first-order valence-electron chi connectivity index (χ1n) is 16.4. The third-order valence-electron chi connectivity index (χ3n) is 9.70. The fourth-order valence-electron chi connectivity index (χ4n) is 7.34. The summed E-state index contributed by atoms with van der Waals surface area (Å²) in [6, 6.07) is 66.3. The molecule has 0 bridgehead atoms. The molecule has 0 heterocycles. The van der Waals surface area contributed by atoms with Crippen LogP contribution in [0.1, 0.15) is 47.2 Å². The van der Waals surface area contributed by atoms with Crippen molar-refractivity contribution in [3.05, 3.63) is 215 Å². The second-order valence-corrected chi connectivity index (χ2v) is 12.9. The molecule has 0 saturated carbocycles. The lowest BCUT2D eigenvalue weighted by Gasteiger charge is -2.22. The summed E-state index contributed by atoms with van der Waals surface area (Å²) in [5.74, 6) is 0. The smallest absolute Gasteiger partial charge is 0.0159 e. The Morgan fingerprint density at radius 1 is 0.319 bits per heavy atom. The van der Waals surface area contributed by atoms with E-state index in [4.69, 9.17) is 0 Å². The number of rotatable bonds is 6. The standard InChI is InChI=1S/C47H36/c1-47(2)43-27-13-12-26-41(43)42-29-28-39(32-44(42)47)37-23-14-22-36(30-37)38-24-15-25-40(31-38)46(35-20-10-5-11-21-35)45(33-16-6-3-7-17-33)34-18-8-4-9-19-34/h3-32H,1-2H3. The van der Waals surface area contributed by atoms with Gasteiger partial charge in [0.1, 0.15) is 0 Å². The second-order valence-electron chi connectivity index (χ2n) is 12.9. The molecular formula is C47H36. The van der Waals surface area contributed by atoms with E-state index in [9.17, 15) is 0 Å². The minimum Gasteiger partial charge on any atom is -0.0622 e. The van der Waals surface area contributed by atoms with Crippen molar-refractivity contribution in [1.29, 1.82) is 0 Å². The maximum atomic E-state index is 2.41. The van der Waals surface area contributed by atoms with Crippen molar-refractivity contribution < 1.29 is 0 Å². The van der Waals surface area contributed by atoms with Crippen LogP contribution in [0.5, 0.6) is 0 Å². The van der Waals surface area contributed by atoms with Crippen molar-refractivity contribution in [2.24, 2.45) is 0 Å². The third kappa shape index (κ3) is 5.23. The number of hydrogen-bond acceptors (Lipinski definition) is 0. The Kier molecular flexibility index (Phi) is 7.27. The summed E-state index contributed by atoms with van der Waals surface area (Å²) in [5.41, 5.74) is 17.6. The van der Waals surface area contributed by atoms with E-state index in [1.165, 1.54) is 77.9 Å². The normalized spacial score (nSPS) is 12.6. The molecule has 7 aromatic rings. The summed E-state index contributed by atoms with van der Waals surface area (Å²) in [6.07, 6.45) is 0. The first kappa shape index (κ1) is 28.7. The molecule has 0 N–H and O–H groups in total. The molecule has 0 aromatic heterocycles.